The van der Waals surface area contributed by atoms with E-state index in [4.69, 9.17) is 9.47 Å². The Kier molecular flexibility index (Phi) is 8.07. The van der Waals surface area contributed by atoms with Crippen LogP contribution in [0.15, 0.2) is 97.1 Å². The summed E-state index contributed by atoms with van der Waals surface area (Å²) in [5.74, 6) is -4.17. The third-order valence-corrected chi connectivity index (χ3v) is 12.0. The number of benzene rings is 4. The van der Waals surface area contributed by atoms with E-state index in [-0.39, 0.29) is 35.5 Å². The van der Waals surface area contributed by atoms with Crippen molar-refractivity contribution in [2.45, 2.75) is 15.1 Å². The molecule has 2 amide bonds. The molecule has 2 bridgehead atoms. The summed E-state index contributed by atoms with van der Waals surface area (Å²) in [4.78, 5) is 77.1. The molecule has 4 aliphatic rings. The van der Waals surface area contributed by atoms with E-state index in [0.717, 1.165) is 27.2 Å². The Morgan fingerprint density at radius 1 is 0.735 bits per heavy atom. The number of Topliss-reactive ketones (excluding diaryl/α,β-unsaturated/α-hetero) is 1. The van der Waals surface area contributed by atoms with Gasteiger partial charge < -0.3 is 9.47 Å². The highest BCUT2D eigenvalue weighted by molar-refractivity contribution is 9.10. The number of hydrogen-bond acceptors (Lipinski definition) is 9. The lowest BCUT2D eigenvalue weighted by Gasteiger charge is -2.55. The summed E-state index contributed by atoms with van der Waals surface area (Å²) in [5, 5.41) is 10.8. The standard InChI is InChI=1S/C36H24Br2N2O9/c37-35-24-5-1-2-6-25(24)36(38,27-8-4-3-7-26(27)35)31-30(35)32(43)39(33(31)44)18-17-29(42)48-19-28(41)20-11-15-23(16-12-20)49-34(45)21-9-13-22(14-10-21)40(46)47/h1-16,30-31H,17-19H2. The molecule has 1 saturated heterocycles. The molecule has 0 radical (unpaired) electrons. The molecular weight excluding hydrogens is 764 g/mol. The number of hydrogen-bond donors (Lipinski definition) is 0. The van der Waals surface area contributed by atoms with Crippen molar-refractivity contribution >= 4 is 67.1 Å². The number of carbonyl (C=O) groups is 5. The maximum atomic E-state index is 14.0. The van der Waals surface area contributed by atoms with Gasteiger partial charge in [-0.25, -0.2) is 4.79 Å². The Bertz CT molecular complexity index is 1960. The lowest BCUT2D eigenvalue weighted by atomic mass is 9.54. The van der Waals surface area contributed by atoms with Crippen molar-refractivity contribution in [3.63, 3.8) is 0 Å². The minimum absolute atomic E-state index is 0.106. The monoisotopic (exact) mass is 786 g/mol. The van der Waals surface area contributed by atoms with Gasteiger partial charge in [0.2, 0.25) is 11.8 Å². The van der Waals surface area contributed by atoms with Crippen molar-refractivity contribution in [1.82, 2.24) is 4.90 Å². The number of rotatable bonds is 9. The molecule has 1 heterocycles. The van der Waals surface area contributed by atoms with Gasteiger partial charge in [0.1, 0.15) is 5.75 Å². The van der Waals surface area contributed by atoms with Crippen molar-refractivity contribution in [2.75, 3.05) is 13.2 Å². The number of nitro benzene ring substituents is 1. The van der Waals surface area contributed by atoms with Gasteiger partial charge in [-0.15, -0.1) is 0 Å². The van der Waals surface area contributed by atoms with E-state index >= 15 is 0 Å². The number of non-ortho nitro benzene ring substituents is 1. The number of imide groups is 1. The first-order valence-corrected chi connectivity index (χ1v) is 16.7. The molecule has 246 valence electrons. The van der Waals surface area contributed by atoms with Crippen LogP contribution in [0.5, 0.6) is 5.75 Å². The lowest BCUT2D eigenvalue weighted by Crippen LogP contribution is -2.56. The zero-order valence-electron chi connectivity index (χ0n) is 25.3. The van der Waals surface area contributed by atoms with Crippen molar-refractivity contribution in [2.24, 2.45) is 11.8 Å². The van der Waals surface area contributed by atoms with Gasteiger partial charge in [0.05, 0.1) is 37.4 Å². The van der Waals surface area contributed by atoms with Gasteiger partial charge in [-0.05, 0) is 58.7 Å². The van der Waals surface area contributed by atoms with Gasteiger partial charge in [-0.2, -0.15) is 0 Å². The smallest absolute Gasteiger partial charge is 0.343 e. The average Bonchev–Trinajstić information content (AvgIpc) is 3.38. The second-order valence-electron chi connectivity index (χ2n) is 11.8. The van der Waals surface area contributed by atoms with Crippen LogP contribution in [0.1, 0.15) is 49.4 Å². The van der Waals surface area contributed by atoms with E-state index < -0.39 is 61.6 Å². The van der Waals surface area contributed by atoms with Crippen molar-refractivity contribution in [3.8, 4) is 5.75 Å². The molecular formula is C36H24Br2N2O9. The van der Waals surface area contributed by atoms with E-state index in [1.54, 1.807) is 0 Å². The summed E-state index contributed by atoms with van der Waals surface area (Å²) < 4.78 is 8.58. The zero-order chi connectivity index (χ0) is 34.7. The zero-order valence-corrected chi connectivity index (χ0v) is 28.5. The van der Waals surface area contributed by atoms with Crippen LogP contribution in [0.25, 0.3) is 0 Å². The summed E-state index contributed by atoms with van der Waals surface area (Å²) in [6, 6.07) is 25.9. The van der Waals surface area contributed by atoms with Gasteiger partial charge in [-0.1, -0.05) is 80.4 Å². The number of nitro groups is 1. The topological polar surface area (TPSA) is 150 Å². The summed E-state index contributed by atoms with van der Waals surface area (Å²) in [5.41, 5.74) is 3.76. The van der Waals surface area contributed by atoms with Gasteiger partial charge in [0, 0.05) is 24.2 Å². The normalized spacial score (nSPS) is 22.9. The number of esters is 2. The molecule has 0 spiro atoms. The second-order valence-corrected chi connectivity index (χ2v) is 14.4. The highest BCUT2D eigenvalue weighted by Crippen LogP contribution is 2.70. The molecule has 0 aromatic heterocycles. The molecule has 2 atom stereocenters. The molecule has 11 nitrogen and oxygen atoms in total. The van der Waals surface area contributed by atoms with Crippen molar-refractivity contribution in [1.29, 1.82) is 0 Å². The largest absolute Gasteiger partial charge is 0.457 e. The van der Waals surface area contributed by atoms with Crippen LogP contribution in [0.4, 0.5) is 5.69 Å². The lowest BCUT2D eigenvalue weighted by molar-refractivity contribution is -0.384. The molecule has 3 aliphatic carbocycles. The number of likely N-dealkylation sites (tertiary alicyclic amines) is 1. The fourth-order valence-corrected chi connectivity index (χ4v) is 9.35. The number of halogens is 2. The van der Waals surface area contributed by atoms with Crippen LogP contribution in [-0.4, -0.2) is 52.5 Å². The van der Waals surface area contributed by atoms with Crippen molar-refractivity contribution in [3.05, 3.63) is 141 Å². The van der Waals surface area contributed by atoms with E-state index in [1.165, 1.54) is 48.5 Å². The maximum Gasteiger partial charge on any atom is 0.343 e. The number of ether oxygens (including phenoxy) is 2. The second kappa shape index (κ2) is 12.1. The highest BCUT2D eigenvalue weighted by atomic mass is 79.9. The van der Waals surface area contributed by atoms with Gasteiger partial charge in [-0.3, -0.25) is 34.2 Å². The third-order valence-electron chi connectivity index (χ3n) is 9.28. The minimum atomic E-state index is -0.937. The summed E-state index contributed by atoms with van der Waals surface area (Å²) in [6.07, 6.45) is -0.299. The molecule has 0 N–H and O–H groups in total. The maximum absolute atomic E-state index is 14.0. The molecule has 8 rings (SSSR count). The average molecular weight is 788 g/mol. The molecule has 4 aromatic rings. The summed E-state index contributed by atoms with van der Waals surface area (Å²) in [6.45, 7) is -0.779. The van der Waals surface area contributed by atoms with Crippen molar-refractivity contribution < 1.29 is 38.4 Å². The van der Waals surface area contributed by atoms with E-state index in [2.05, 4.69) is 31.9 Å². The predicted molar refractivity (Wildman–Crippen MR) is 180 cm³/mol. The van der Waals surface area contributed by atoms with Crippen LogP contribution in [0.3, 0.4) is 0 Å². The first-order chi connectivity index (χ1) is 23.5. The van der Waals surface area contributed by atoms with E-state index in [9.17, 15) is 34.1 Å². The first-order valence-electron chi connectivity index (χ1n) is 15.1. The van der Waals surface area contributed by atoms with Gasteiger partial charge >= 0.3 is 11.9 Å². The number of alkyl halides is 2. The number of amides is 2. The van der Waals surface area contributed by atoms with E-state index in [0.29, 0.717) is 0 Å². The van der Waals surface area contributed by atoms with Crippen LogP contribution in [0.2, 0.25) is 0 Å². The SMILES string of the molecule is O=C(CCN1C(=O)C2C(C1=O)C1(Br)c3ccccc3C2(Br)c2ccccc21)OCC(=O)c1ccc(OC(=O)c2ccc([N+](=O)[O-])cc2)cc1. The third kappa shape index (κ3) is 5.10. The number of ketones is 1. The Balaban J connectivity index is 0.973. The van der Waals surface area contributed by atoms with Gasteiger partial charge in [0.15, 0.2) is 12.4 Å². The fourth-order valence-electron chi connectivity index (χ4n) is 7.04. The minimum Gasteiger partial charge on any atom is -0.457 e. The number of nitrogens with zero attached hydrogens (tertiary/aromatic N) is 2. The predicted octanol–water partition coefficient (Wildman–Crippen LogP) is 5.84. The van der Waals surface area contributed by atoms with Crippen LogP contribution < -0.4 is 4.74 Å². The molecule has 2 unspecified atom stereocenters. The first kappa shape index (κ1) is 32.5. The Morgan fingerprint density at radius 2 is 1.20 bits per heavy atom. The molecule has 1 fully saturated rings. The van der Waals surface area contributed by atoms with Crippen LogP contribution in [0, 0.1) is 22.0 Å². The molecule has 49 heavy (non-hydrogen) atoms. The summed E-state index contributed by atoms with van der Waals surface area (Å²) >= 11 is 7.88. The van der Waals surface area contributed by atoms with E-state index in [1.807, 2.05) is 48.5 Å². The fraction of sp³-hybridized carbons (Fsp3) is 0.194. The Hall–Kier alpha value is -5.01. The summed E-state index contributed by atoms with van der Waals surface area (Å²) in [7, 11) is 0. The molecule has 1 aliphatic heterocycles. The van der Waals surface area contributed by atoms with Crippen LogP contribution in [-0.2, 0) is 27.8 Å². The highest BCUT2D eigenvalue weighted by Gasteiger charge is 2.72. The molecule has 0 saturated carbocycles. The molecule has 4 aromatic carbocycles. The molecule has 13 heteroatoms. The number of carbonyl (C=O) groups excluding carboxylic acids is 5. The van der Waals surface area contributed by atoms with Gasteiger partial charge in [0.25, 0.3) is 5.69 Å². The van der Waals surface area contributed by atoms with Crippen LogP contribution >= 0.6 is 31.9 Å². The quantitative estimate of drug-likeness (QED) is 0.0388. The Labute approximate surface area is 295 Å². The Morgan fingerprint density at radius 3 is 1.67 bits per heavy atom.